The van der Waals surface area contributed by atoms with Crippen molar-refractivity contribution in [3.8, 4) is 0 Å². The fourth-order valence-electron chi connectivity index (χ4n) is 3.95. The molecule has 0 saturated carbocycles. The summed E-state index contributed by atoms with van der Waals surface area (Å²) in [6.07, 6.45) is 7.27. The van der Waals surface area contributed by atoms with Gasteiger partial charge in [-0.05, 0) is 54.2 Å². The molecule has 2 aromatic heterocycles. The molecule has 8 nitrogen and oxygen atoms in total. The van der Waals surface area contributed by atoms with Crippen molar-refractivity contribution in [1.29, 1.82) is 0 Å². The molecule has 0 amide bonds. The summed E-state index contributed by atoms with van der Waals surface area (Å²) in [4.78, 5) is 11.1. The number of rotatable bonds is 8. The van der Waals surface area contributed by atoms with E-state index in [0.717, 1.165) is 42.6 Å². The van der Waals surface area contributed by atoms with Crippen LogP contribution in [0.5, 0.6) is 0 Å². The molecule has 0 unspecified atom stereocenters. The van der Waals surface area contributed by atoms with E-state index in [9.17, 15) is 8.96 Å². The van der Waals surface area contributed by atoms with Gasteiger partial charge in [0.2, 0.25) is 5.95 Å². The Balaban J connectivity index is 1.46. The lowest BCUT2D eigenvalue weighted by Gasteiger charge is -2.31. The van der Waals surface area contributed by atoms with E-state index in [0.29, 0.717) is 28.8 Å². The van der Waals surface area contributed by atoms with Crippen LogP contribution in [-0.2, 0) is 4.57 Å². The maximum absolute atomic E-state index is 12.7. The fraction of sp³-hybridized carbons (Fsp3) is 0.409. The van der Waals surface area contributed by atoms with Crippen LogP contribution in [0, 0.1) is 0 Å². The number of para-hydroxylation sites is 1. The van der Waals surface area contributed by atoms with E-state index < -0.39 is 7.14 Å². The molecule has 33 heavy (non-hydrogen) atoms. The van der Waals surface area contributed by atoms with Crippen LogP contribution in [0.15, 0.2) is 47.3 Å². The SMILES string of the molecule is CP(C)(=O)c1ccccc1Nc1nc(Nc2cnn(C3CCN(CCF)CC3)c2)ncc1Br. The number of alkyl halides is 1. The Morgan fingerprint density at radius 3 is 2.67 bits per heavy atom. The Hall–Kier alpha value is -2.29. The maximum atomic E-state index is 12.7. The highest BCUT2D eigenvalue weighted by atomic mass is 79.9. The first-order chi connectivity index (χ1) is 15.8. The Kier molecular flexibility index (Phi) is 7.46. The molecule has 0 spiro atoms. The van der Waals surface area contributed by atoms with Crippen LogP contribution >= 0.6 is 23.1 Å². The van der Waals surface area contributed by atoms with Gasteiger partial charge in [0.05, 0.1) is 28.1 Å². The molecule has 1 aliphatic heterocycles. The number of hydrogen-bond acceptors (Lipinski definition) is 7. The molecule has 11 heteroatoms. The number of benzene rings is 1. The average Bonchev–Trinajstić information content (AvgIpc) is 3.25. The molecule has 1 fully saturated rings. The molecular formula is C22H28BrFN7OP. The van der Waals surface area contributed by atoms with Gasteiger partial charge in [-0.25, -0.2) is 9.37 Å². The van der Waals surface area contributed by atoms with Gasteiger partial charge in [0.25, 0.3) is 0 Å². The third-order valence-electron chi connectivity index (χ3n) is 5.67. The third kappa shape index (κ3) is 5.99. The van der Waals surface area contributed by atoms with Gasteiger partial charge in [0, 0.05) is 37.3 Å². The molecule has 1 saturated heterocycles. The monoisotopic (exact) mass is 535 g/mol. The number of piperidine rings is 1. The molecule has 1 aliphatic rings. The van der Waals surface area contributed by atoms with Crippen molar-refractivity contribution < 1.29 is 8.96 Å². The normalized spacial score (nSPS) is 15.5. The second-order valence-corrected chi connectivity index (χ2v) is 12.5. The largest absolute Gasteiger partial charge is 0.339 e. The summed E-state index contributed by atoms with van der Waals surface area (Å²) in [5.41, 5.74) is 1.55. The average molecular weight is 536 g/mol. The second kappa shape index (κ2) is 10.3. The van der Waals surface area contributed by atoms with Crippen molar-refractivity contribution in [2.75, 3.05) is 50.3 Å². The number of nitrogens with zero attached hydrogens (tertiary/aromatic N) is 5. The highest BCUT2D eigenvalue weighted by molar-refractivity contribution is 9.10. The molecule has 3 heterocycles. The Morgan fingerprint density at radius 1 is 1.18 bits per heavy atom. The van der Waals surface area contributed by atoms with Gasteiger partial charge in [-0.2, -0.15) is 10.1 Å². The van der Waals surface area contributed by atoms with Crippen LogP contribution in [0.1, 0.15) is 18.9 Å². The molecule has 0 atom stereocenters. The van der Waals surface area contributed by atoms with E-state index in [4.69, 9.17) is 0 Å². The van der Waals surface area contributed by atoms with Crippen LogP contribution in [0.4, 0.5) is 27.5 Å². The Labute approximate surface area is 201 Å². The summed E-state index contributed by atoms with van der Waals surface area (Å²) in [7, 11) is -2.46. The number of anilines is 4. The van der Waals surface area contributed by atoms with Crippen LogP contribution < -0.4 is 15.9 Å². The second-order valence-electron chi connectivity index (χ2n) is 8.48. The number of likely N-dealkylation sites (tertiary alicyclic amines) is 1. The maximum Gasteiger partial charge on any atom is 0.229 e. The molecular weight excluding hydrogens is 508 g/mol. The topological polar surface area (TPSA) is 88.0 Å². The van der Waals surface area contributed by atoms with Crippen LogP contribution in [0.3, 0.4) is 0 Å². The van der Waals surface area contributed by atoms with Gasteiger partial charge >= 0.3 is 0 Å². The summed E-state index contributed by atoms with van der Waals surface area (Å²) in [5, 5.41) is 11.8. The van der Waals surface area contributed by atoms with Gasteiger partial charge in [0.15, 0.2) is 0 Å². The molecule has 3 aromatic rings. The van der Waals surface area contributed by atoms with Crippen molar-refractivity contribution >= 4 is 51.5 Å². The zero-order valence-electron chi connectivity index (χ0n) is 18.7. The number of hydrogen-bond donors (Lipinski definition) is 2. The summed E-state index contributed by atoms with van der Waals surface area (Å²) in [6.45, 7) is 5.47. The van der Waals surface area contributed by atoms with Crippen LogP contribution in [0.2, 0.25) is 0 Å². The van der Waals surface area contributed by atoms with E-state index in [1.165, 1.54) is 0 Å². The number of nitrogens with one attached hydrogen (secondary N) is 2. The highest BCUT2D eigenvalue weighted by Crippen LogP contribution is 2.38. The van der Waals surface area contributed by atoms with Crippen LogP contribution in [-0.4, -0.2) is 64.3 Å². The van der Waals surface area contributed by atoms with E-state index in [1.54, 1.807) is 25.7 Å². The minimum Gasteiger partial charge on any atom is -0.339 e. The third-order valence-corrected chi connectivity index (χ3v) is 7.80. The van der Waals surface area contributed by atoms with Crippen LogP contribution in [0.25, 0.3) is 0 Å². The van der Waals surface area contributed by atoms with Crippen molar-refractivity contribution in [3.63, 3.8) is 0 Å². The van der Waals surface area contributed by atoms with E-state index in [1.807, 2.05) is 35.1 Å². The van der Waals surface area contributed by atoms with Gasteiger partial charge in [-0.15, -0.1) is 0 Å². The zero-order valence-corrected chi connectivity index (χ0v) is 21.2. The van der Waals surface area contributed by atoms with E-state index in [-0.39, 0.29) is 6.67 Å². The van der Waals surface area contributed by atoms with Crippen molar-refractivity contribution in [3.05, 3.63) is 47.3 Å². The van der Waals surface area contributed by atoms with Gasteiger partial charge in [-0.3, -0.25) is 4.68 Å². The minimum atomic E-state index is -2.46. The molecule has 0 aliphatic carbocycles. The zero-order chi connectivity index (χ0) is 23.4. The molecule has 4 rings (SSSR count). The first kappa shape index (κ1) is 23.9. The summed E-state index contributed by atoms with van der Waals surface area (Å²) in [5.74, 6) is 0.993. The lowest BCUT2D eigenvalue weighted by atomic mass is 10.1. The van der Waals surface area contributed by atoms with E-state index in [2.05, 4.69) is 46.5 Å². The summed E-state index contributed by atoms with van der Waals surface area (Å²) >= 11 is 3.49. The van der Waals surface area contributed by atoms with Crippen molar-refractivity contribution in [2.45, 2.75) is 18.9 Å². The lowest BCUT2D eigenvalue weighted by Crippen LogP contribution is -2.36. The highest BCUT2D eigenvalue weighted by Gasteiger charge is 2.21. The van der Waals surface area contributed by atoms with E-state index >= 15 is 0 Å². The Bertz CT molecular complexity index is 1140. The molecule has 2 N–H and O–H groups in total. The van der Waals surface area contributed by atoms with Crippen molar-refractivity contribution in [2.24, 2.45) is 0 Å². The van der Waals surface area contributed by atoms with Crippen molar-refractivity contribution in [1.82, 2.24) is 24.6 Å². The Morgan fingerprint density at radius 2 is 1.94 bits per heavy atom. The molecule has 176 valence electrons. The lowest BCUT2D eigenvalue weighted by molar-refractivity contribution is 0.169. The number of aromatic nitrogens is 4. The minimum absolute atomic E-state index is 0.299. The molecule has 0 radical (unpaired) electrons. The quantitative estimate of drug-likeness (QED) is 0.401. The van der Waals surface area contributed by atoms with Gasteiger partial charge in [0.1, 0.15) is 19.6 Å². The fourth-order valence-corrected chi connectivity index (χ4v) is 5.40. The standard InChI is InChI=1S/C22H28BrFN7OP/c1-33(2,32)20-6-4-3-5-19(20)28-21-18(23)14-25-22(29-21)27-16-13-26-31(15-16)17-7-10-30(11-8-17)12-9-24/h3-6,13-15,17H,7-12H2,1-2H3,(H2,25,27,28,29). The first-order valence-electron chi connectivity index (χ1n) is 10.9. The van der Waals surface area contributed by atoms with Gasteiger partial charge in [-0.1, -0.05) is 12.1 Å². The molecule has 0 bridgehead atoms. The summed E-state index contributed by atoms with van der Waals surface area (Å²) in [6, 6.07) is 7.83. The van der Waals surface area contributed by atoms with Gasteiger partial charge < -0.3 is 20.1 Å². The first-order valence-corrected chi connectivity index (χ1v) is 14.3. The molecule has 1 aromatic carbocycles. The predicted octanol–water partition coefficient (Wildman–Crippen LogP) is 4.78. The predicted molar refractivity (Wildman–Crippen MR) is 135 cm³/mol. The summed E-state index contributed by atoms with van der Waals surface area (Å²) < 4.78 is 27.9. The number of halogens is 2. The smallest absolute Gasteiger partial charge is 0.229 e.